The van der Waals surface area contributed by atoms with Crippen LogP contribution in [-0.2, 0) is 11.2 Å². The second-order valence-electron chi connectivity index (χ2n) is 9.19. The fourth-order valence-corrected chi connectivity index (χ4v) is 4.10. The zero-order valence-corrected chi connectivity index (χ0v) is 20.4. The molecule has 1 aliphatic heterocycles. The van der Waals surface area contributed by atoms with Gasteiger partial charge < -0.3 is 54.7 Å². The minimum atomic E-state index is -1.75. The third kappa shape index (κ3) is 4.87. The van der Waals surface area contributed by atoms with Crippen LogP contribution in [0.15, 0.2) is 45.1 Å². The van der Waals surface area contributed by atoms with Gasteiger partial charge in [-0.3, -0.25) is 4.79 Å². The topological polar surface area (TPSA) is 211 Å². The molecule has 0 amide bonds. The van der Waals surface area contributed by atoms with Gasteiger partial charge in [0.25, 0.3) is 0 Å². The number of hydrogen-bond donors (Lipinski definition) is 8. The highest BCUT2D eigenvalue weighted by Gasteiger charge is 2.45. The van der Waals surface area contributed by atoms with Crippen molar-refractivity contribution in [3.05, 3.63) is 51.7 Å². The van der Waals surface area contributed by atoms with Crippen LogP contribution in [0.5, 0.6) is 28.7 Å². The van der Waals surface area contributed by atoms with Crippen molar-refractivity contribution < 1.29 is 54.7 Å². The Morgan fingerprint density at radius 3 is 2.32 bits per heavy atom. The molecule has 1 fully saturated rings. The summed E-state index contributed by atoms with van der Waals surface area (Å²) in [7, 11) is 0. The summed E-state index contributed by atoms with van der Waals surface area (Å²) < 4.78 is 16.9. The fraction of sp³-hybridized carbons (Fsp3) is 0.346. The van der Waals surface area contributed by atoms with Gasteiger partial charge in [-0.1, -0.05) is 11.6 Å². The van der Waals surface area contributed by atoms with Crippen LogP contribution < -0.4 is 10.2 Å². The Bertz CT molecular complexity index is 1440. The first-order chi connectivity index (χ1) is 17.9. The largest absolute Gasteiger partial charge is 0.507 e. The number of aliphatic hydroxyl groups is 4. The molecule has 0 spiro atoms. The second-order valence-corrected chi connectivity index (χ2v) is 9.19. The van der Waals surface area contributed by atoms with Crippen molar-refractivity contribution in [1.82, 2.24) is 0 Å². The van der Waals surface area contributed by atoms with Crippen LogP contribution in [0.4, 0.5) is 0 Å². The number of phenolic OH excluding ortho intramolecular Hbond substituents is 3. The van der Waals surface area contributed by atoms with E-state index < -0.39 is 65.7 Å². The lowest BCUT2D eigenvalue weighted by Gasteiger charge is -2.39. The SMILES string of the molecule is CC(C)=CCc1c(O[C@@H]2O[C@H](CO)[C@@H](O)[C@H](O)[C@H]2O)cc2oc(-c3ccc(O)c(O)c3)c(O)c(=O)c2c1O. The van der Waals surface area contributed by atoms with Crippen molar-refractivity contribution >= 4 is 11.0 Å². The van der Waals surface area contributed by atoms with Gasteiger partial charge in [0.05, 0.1) is 6.61 Å². The summed E-state index contributed by atoms with van der Waals surface area (Å²) in [5.74, 6) is -2.89. The van der Waals surface area contributed by atoms with Gasteiger partial charge in [-0.25, -0.2) is 0 Å². The molecular formula is C26H28O12. The average molecular weight is 532 g/mol. The van der Waals surface area contributed by atoms with Crippen LogP contribution >= 0.6 is 0 Å². The Kier molecular flexibility index (Phi) is 7.54. The van der Waals surface area contributed by atoms with Crippen molar-refractivity contribution in [2.24, 2.45) is 0 Å². The van der Waals surface area contributed by atoms with E-state index in [9.17, 15) is 45.6 Å². The van der Waals surface area contributed by atoms with Crippen molar-refractivity contribution in [1.29, 1.82) is 0 Å². The number of ether oxygens (including phenoxy) is 2. The number of phenols is 3. The minimum absolute atomic E-state index is 0.0429. The Hall–Kier alpha value is -3.81. The van der Waals surface area contributed by atoms with Crippen LogP contribution in [0, 0.1) is 0 Å². The normalized spacial score (nSPS) is 23.4. The highest BCUT2D eigenvalue weighted by atomic mass is 16.7. The fourth-order valence-electron chi connectivity index (χ4n) is 4.10. The van der Waals surface area contributed by atoms with Gasteiger partial charge in [0.1, 0.15) is 46.9 Å². The zero-order chi connectivity index (χ0) is 27.9. The highest BCUT2D eigenvalue weighted by molar-refractivity contribution is 5.90. The van der Waals surface area contributed by atoms with Crippen LogP contribution in [-0.4, -0.2) is 78.2 Å². The number of allylic oxidation sites excluding steroid dienone is 2. The van der Waals surface area contributed by atoms with E-state index in [-0.39, 0.29) is 40.0 Å². The predicted octanol–water partition coefficient (Wildman–Crippen LogP) is 0.970. The van der Waals surface area contributed by atoms with E-state index in [4.69, 9.17) is 13.9 Å². The van der Waals surface area contributed by atoms with Gasteiger partial charge >= 0.3 is 0 Å². The molecule has 0 aliphatic carbocycles. The number of aliphatic hydroxyl groups excluding tert-OH is 4. The van der Waals surface area contributed by atoms with Gasteiger partial charge in [0.2, 0.25) is 17.5 Å². The molecule has 0 unspecified atom stereocenters. The number of benzene rings is 2. The second kappa shape index (κ2) is 10.5. The number of aromatic hydroxyl groups is 4. The molecule has 2 aromatic carbocycles. The summed E-state index contributed by atoms with van der Waals surface area (Å²) in [4.78, 5) is 13.1. The van der Waals surface area contributed by atoms with Crippen molar-refractivity contribution in [2.75, 3.05) is 6.61 Å². The molecule has 2 heterocycles. The molecule has 0 radical (unpaired) electrons. The van der Waals surface area contributed by atoms with E-state index in [2.05, 4.69) is 0 Å². The quantitative estimate of drug-likeness (QED) is 0.165. The molecule has 0 bridgehead atoms. The predicted molar refractivity (Wildman–Crippen MR) is 132 cm³/mol. The number of hydrogen-bond acceptors (Lipinski definition) is 12. The molecule has 0 saturated carbocycles. The highest BCUT2D eigenvalue weighted by Crippen LogP contribution is 2.41. The van der Waals surface area contributed by atoms with Gasteiger partial charge in [-0.2, -0.15) is 0 Å². The third-order valence-corrected chi connectivity index (χ3v) is 6.24. The summed E-state index contributed by atoms with van der Waals surface area (Å²) in [5.41, 5.74) is -0.253. The van der Waals surface area contributed by atoms with E-state index >= 15 is 0 Å². The Balaban J connectivity index is 1.90. The summed E-state index contributed by atoms with van der Waals surface area (Å²) in [6, 6.07) is 4.69. The van der Waals surface area contributed by atoms with Crippen molar-refractivity contribution in [3.63, 3.8) is 0 Å². The zero-order valence-electron chi connectivity index (χ0n) is 20.4. The van der Waals surface area contributed by atoms with E-state index in [1.165, 1.54) is 12.1 Å². The van der Waals surface area contributed by atoms with Gasteiger partial charge in [0, 0.05) is 17.2 Å². The van der Waals surface area contributed by atoms with E-state index in [1.54, 1.807) is 19.9 Å². The van der Waals surface area contributed by atoms with E-state index in [0.29, 0.717) is 0 Å². The lowest BCUT2D eigenvalue weighted by molar-refractivity contribution is -0.277. The number of rotatable bonds is 6. The summed E-state index contributed by atoms with van der Waals surface area (Å²) in [6.45, 7) is 2.92. The first-order valence-electron chi connectivity index (χ1n) is 11.6. The smallest absolute Gasteiger partial charge is 0.238 e. The lowest BCUT2D eigenvalue weighted by Crippen LogP contribution is -2.60. The molecule has 1 aliphatic rings. The number of fused-ring (bicyclic) bond motifs is 1. The molecule has 12 heteroatoms. The molecule has 8 N–H and O–H groups in total. The molecule has 4 rings (SSSR count). The Labute approximate surface area is 215 Å². The maximum atomic E-state index is 13.1. The van der Waals surface area contributed by atoms with Crippen LogP contribution in [0.25, 0.3) is 22.3 Å². The first-order valence-corrected chi connectivity index (χ1v) is 11.6. The molecule has 5 atom stereocenters. The monoisotopic (exact) mass is 532 g/mol. The van der Waals surface area contributed by atoms with Gasteiger partial charge in [0.15, 0.2) is 17.3 Å². The van der Waals surface area contributed by atoms with Crippen molar-refractivity contribution in [3.8, 4) is 40.1 Å². The molecule has 1 saturated heterocycles. The summed E-state index contributed by atoms with van der Waals surface area (Å²) in [5, 5.41) is 80.8. The van der Waals surface area contributed by atoms with Gasteiger partial charge in [-0.15, -0.1) is 0 Å². The summed E-state index contributed by atoms with van der Waals surface area (Å²) in [6.07, 6.45) is -6.16. The average Bonchev–Trinajstić information content (AvgIpc) is 2.87. The molecule has 3 aromatic rings. The standard InChI is InChI=1S/C26H28O12/c1-10(2)3-5-12-15(37-26-24(35)22(33)20(31)17(9-27)38-26)8-16-18(19(12)30)21(32)23(34)25(36-16)11-4-6-13(28)14(29)7-11/h3-4,6-8,17,20,22,24,26-31,33-35H,5,9H2,1-2H3/t17-,20-,22+,24-,26-/m1/s1. The maximum Gasteiger partial charge on any atom is 0.238 e. The van der Waals surface area contributed by atoms with E-state index in [0.717, 1.165) is 17.7 Å². The molecule has 38 heavy (non-hydrogen) atoms. The van der Waals surface area contributed by atoms with Crippen LogP contribution in [0.2, 0.25) is 0 Å². The first kappa shape index (κ1) is 27.2. The maximum absolute atomic E-state index is 13.1. The Morgan fingerprint density at radius 2 is 1.68 bits per heavy atom. The molecule has 204 valence electrons. The van der Waals surface area contributed by atoms with Crippen LogP contribution in [0.3, 0.4) is 0 Å². The van der Waals surface area contributed by atoms with Gasteiger partial charge in [-0.05, 0) is 38.5 Å². The van der Waals surface area contributed by atoms with E-state index in [1.807, 2.05) is 0 Å². The Morgan fingerprint density at radius 1 is 0.974 bits per heavy atom. The third-order valence-electron chi connectivity index (χ3n) is 6.24. The van der Waals surface area contributed by atoms with Crippen molar-refractivity contribution in [2.45, 2.75) is 51.0 Å². The molecule has 12 nitrogen and oxygen atoms in total. The van der Waals surface area contributed by atoms with Crippen LogP contribution in [0.1, 0.15) is 19.4 Å². The molecule has 1 aromatic heterocycles. The lowest BCUT2D eigenvalue weighted by atomic mass is 9.99. The molecular weight excluding hydrogens is 504 g/mol. The minimum Gasteiger partial charge on any atom is -0.507 e. The summed E-state index contributed by atoms with van der Waals surface area (Å²) >= 11 is 0.